The minimum absolute atomic E-state index is 0.300. The Balaban J connectivity index is 1.47. The number of nitrogens with zero attached hydrogens (tertiary/aromatic N) is 4. The Morgan fingerprint density at radius 1 is 1.16 bits per heavy atom. The van der Waals surface area contributed by atoms with Crippen LogP contribution in [0.15, 0.2) is 29.3 Å². The molecule has 1 aromatic heterocycles. The van der Waals surface area contributed by atoms with Crippen LogP contribution < -0.4 is 10.6 Å². The highest BCUT2D eigenvalue weighted by atomic mass is 19.4. The van der Waals surface area contributed by atoms with Crippen LogP contribution in [0.1, 0.15) is 61.8 Å². The molecule has 1 fully saturated rings. The number of aromatic nitrogens is 3. The van der Waals surface area contributed by atoms with Crippen LogP contribution in [0.25, 0.3) is 0 Å². The maximum Gasteiger partial charge on any atom is 0.416 e. The van der Waals surface area contributed by atoms with Crippen molar-refractivity contribution in [1.82, 2.24) is 25.4 Å². The monoisotopic (exact) mass is 434 g/mol. The second-order valence-electron chi connectivity index (χ2n) is 8.40. The second-order valence-corrected chi connectivity index (χ2v) is 8.40. The minimum atomic E-state index is -4.33. The summed E-state index contributed by atoms with van der Waals surface area (Å²) in [6.07, 6.45) is 1.62. The molecule has 0 amide bonds. The molecular formula is C22H29F3N6. The Hall–Kier alpha value is -2.58. The fourth-order valence-electron chi connectivity index (χ4n) is 4.43. The van der Waals surface area contributed by atoms with E-state index in [-0.39, 0.29) is 5.41 Å². The fraction of sp³-hybridized carbons (Fsp3) is 0.591. The zero-order chi connectivity index (χ0) is 21.9. The molecule has 0 atom stereocenters. The summed E-state index contributed by atoms with van der Waals surface area (Å²) in [5, 5.41) is 15.2. The van der Waals surface area contributed by atoms with Gasteiger partial charge in [-0.25, -0.2) is 4.99 Å². The quantitative estimate of drug-likeness (QED) is 0.536. The van der Waals surface area contributed by atoms with Gasteiger partial charge >= 0.3 is 6.18 Å². The molecule has 1 aliphatic heterocycles. The summed E-state index contributed by atoms with van der Waals surface area (Å²) in [6, 6.07) is 5.75. The third kappa shape index (κ3) is 4.70. The number of hydrogen-bond donors (Lipinski definition) is 2. The molecule has 0 saturated heterocycles. The van der Waals surface area contributed by atoms with Crippen molar-refractivity contribution in [3.8, 4) is 0 Å². The van der Waals surface area contributed by atoms with Crippen molar-refractivity contribution >= 4 is 5.96 Å². The summed E-state index contributed by atoms with van der Waals surface area (Å²) in [4.78, 5) is 4.67. The molecule has 2 N–H and O–H groups in total. The van der Waals surface area contributed by atoms with Gasteiger partial charge in [-0.05, 0) is 44.2 Å². The third-order valence-electron chi connectivity index (χ3n) is 6.37. The van der Waals surface area contributed by atoms with E-state index in [1.165, 1.54) is 12.1 Å². The fourth-order valence-corrected chi connectivity index (χ4v) is 4.43. The number of halogens is 3. The minimum Gasteiger partial charge on any atom is -0.357 e. The van der Waals surface area contributed by atoms with Crippen molar-refractivity contribution in [2.24, 2.45) is 4.99 Å². The predicted molar refractivity (Wildman–Crippen MR) is 113 cm³/mol. The largest absolute Gasteiger partial charge is 0.416 e. The molecule has 9 heteroatoms. The van der Waals surface area contributed by atoms with Gasteiger partial charge in [0.25, 0.3) is 0 Å². The van der Waals surface area contributed by atoms with E-state index in [1.807, 2.05) is 13.0 Å². The maximum atomic E-state index is 13.2. The highest BCUT2D eigenvalue weighted by Gasteiger charge is 2.40. The molecule has 0 bridgehead atoms. The molecule has 0 radical (unpaired) electrons. The average Bonchev–Trinajstić information content (AvgIpc) is 3.14. The van der Waals surface area contributed by atoms with Crippen LogP contribution in [-0.4, -0.2) is 33.8 Å². The molecular weight excluding hydrogens is 405 g/mol. The number of alkyl halides is 3. The van der Waals surface area contributed by atoms with Crippen LogP contribution in [0, 0.1) is 0 Å². The number of rotatable bonds is 6. The summed E-state index contributed by atoms with van der Waals surface area (Å²) >= 11 is 0. The van der Waals surface area contributed by atoms with Gasteiger partial charge in [-0.15, -0.1) is 10.2 Å². The standard InChI is InChI=1S/C22H29F3N6/c1-2-26-20(27-14-19-30-29-18-9-3-4-12-31(18)19)28-15-21(10-6-11-21)16-7-5-8-17(13-16)22(23,24)25/h5,7-8,13H,2-4,6,9-12,14-15H2,1H3,(H2,26,27,28). The number of fused-ring (bicyclic) bond motifs is 1. The molecule has 1 aromatic carbocycles. The Labute approximate surface area is 180 Å². The van der Waals surface area contributed by atoms with Gasteiger partial charge in [-0.1, -0.05) is 24.6 Å². The normalized spacial score (nSPS) is 18.3. The SMILES string of the molecule is CCNC(=NCc1nnc2n1CCCC2)NCC1(c2cccc(C(F)(F)F)c2)CCC1. The van der Waals surface area contributed by atoms with Gasteiger partial charge in [0.2, 0.25) is 0 Å². The van der Waals surface area contributed by atoms with Gasteiger partial charge in [0.15, 0.2) is 11.8 Å². The molecule has 1 saturated carbocycles. The topological polar surface area (TPSA) is 67.1 Å². The lowest BCUT2D eigenvalue weighted by molar-refractivity contribution is -0.137. The average molecular weight is 435 g/mol. The highest BCUT2D eigenvalue weighted by molar-refractivity contribution is 5.79. The van der Waals surface area contributed by atoms with Crippen LogP contribution in [-0.2, 0) is 31.1 Å². The number of hydrogen-bond acceptors (Lipinski definition) is 3. The molecule has 0 spiro atoms. The Kier molecular flexibility index (Phi) is 6.20. The third-order valence-corrected chi connectivity index (χ3v) is 6.37. The Morgan fingerprint density at radius 2 is 2.00 bits per heavy atom. The predicted octanol–water partition coefficient (Wildman–Crippen LogP) is 3.81. The van der Waals surface area contributed by atoms with E-state index in [4.69, 9.17) is 0 Å². The van der Waals surface area contributed by atoms with Crippen LogP contribution >= 0.6 is 0 Å². The van der Waals surface area contributed by atoms with E-state index in [0.29, 0.717) is 25.6 Å². The number of aryl methyl sites for hydroxylation is 1. The molecule has 0 unspecified atom stereocenters. The second kappa shape index (κ2) is 8.88. The summed E-state index contributed by atoms with van der Waals surface area (Å²) in [5.41, 5.74) is -0.150. The molecule has 1 aliphatic carbocycles. The molecule has 6 nitrogen and oxygen atoms in total. The zero-order valence-corrected chi connectivity index (χ0v) is 17.8. The molecule has 31 heavy (non-hydrogen) atoms. The number of nitrogens with one attached hydrogen (secondary N) is 2. The molecule has 4 rings (SSSR count). The first kappa shape index (κ1) is 21.6. The number of benzene rings is 1. The molecule has 168 valence electrons. The first-order chi connectivity index (χ1) is 14.9. The lowest BCUT2D eigenvalue weighted by atomic mass is 9.64. The lowest BCUT2D eigenvalue weighted by Crippen LogP contribution is -2.49. The van der Waals surface area contributed by atoms with Gasteiger partial charge in [0.05, 0.1) is 5.56 Å². The summed E-state index contributed by atoms with van der Waals surface area (Å²) in [5.74, 6) is 2.52. The van der Waals surface area contributed by atoms with Gasteiger partial charge in [-0.2, -0.15) is 13.2 Å². The van der Waals surface area contributed by atoms with Gasteiger partial charge < -0.3 is 15.2 Å². The van der Waals surface area contributed by atoms with Crippen molar-refractivity contribution in [2.75, 3.05) is 13.1 Å². The van der Waals surface area contributed by atoms with Crippen molar-refractivity contribution in [3.63, 3.8) is 0 Å². The first-order valence-electron chi connectivity index (χ1n) is 11.0. The highest BCUT2D eigenvalue weighted by Crippen LogP contribution is 2.44. The van der Waals surface area contributed by atoms with Gasteiger partial charge in [0.1, 0.15) is 12.4 Å². The summed E-state index contributed by atoms with van der Waals surface area (Å²) in [6.45, 7) is 4.56. The Bertz CT molecular complexity index is 930. The van der Waals surface area contributed by atoms with Crippen LogP contribution in [0.2, 0.25) is 0 Å². The van der Waals surface area contributed by atoms with Gasteiger partial charge in [-0.3, -0.25) is 0 Å². The van der Waals surface area contributed by atoms with E-state index >= 15 is 0 Å². The van der Waals surface area contributed by atoms with Crippen molar-refractivity contribution in [1.29, 1.82) is 0 Å². The van der Waals surface area contributed by atoms with Crippen molar-refractivity contribution < 1.29 is 13.2 Å². The van der Waals surface area contributed by atoms with E-state index in [9.17, 15) is 13.2 Å². The number of guanidine groups is 1. The molecule has 2 aromatic rings. The van der Waals surface area contributed by atoms with E-state index in [0.717, 1.165) is 68.3 Å². The molecule has 2 aliphatic rings. The zero-order valence-electron chi connectivity index (χ0n) is 17.8. The van der Waals surface area contributed by atoms with E-state index < -0.39 is 11.7 Å². The summed E-state index contributed by atoms with van der Waals surface area (Å²) < 4.78 is 41.7. The van der Waals surface area contributed by atoms with Crippen LogP contribution in [0.4, 0.5) is 13.2 Å². The van der Waals surface area contributed by atoms with Crippen LogP contribution in [0.5, 0.6) is 0 Å². The Morgan fingerprint density at radius 3 is 2.71 bits per heavy atom. The van der Waals surface area contributed by atoms with E-state index in [1.54, 1.807) is 0 Å². The lowest BCUT2D eigenvalue weighted by Gasteiger charge is -2.43. The van der Waals surface area contributed by atoms with E-state index in [2.05, 4.69) is 30.4 Å². The smallest absolute Gasteiger partial charge is 0.357 e. The van der Waals surface area contributed by atoms with Crippen molar-refractivity contribution in [3.05, 3.63) is 47.0 Å². The maximum absolute atomic E-state index is 13.2. The molecule has 2 heterocycles. The first-order valence-corrected chi connectivity index (χ1v) is 11.0. The van der Waals surface area contributed by atoms with Gasteiger partial charge in [0, 0.05) is 31.5 Å². The number of aliphatic imine (C=N–C) groups is 1. The van der Waals surface area contributed by atoms with Crippen LogP contribution in [0.3, 0.4) is 0 Å². The van der Waals surface area contributed by atoms with Crippen molar-refractivity contribution in [2.45, 2.75) is 70.1 Å². The summed E-state index contributed by atoms with van der Waals surface area (Å²) in [7, 11) is 0.